The highest BCUT2D eigenvalue weighted by molar-refractivity contribution is 8.00. The van der Waals surface area contributed by atoms with Gasteiger partial charge in [0.1, 0.15) is 12.4 Å². The smallest absolute Gasteiger partial charge is 0.236 e. The van der Waals surface area contributed by atoms with E-state index in [0.29, 0.717) is 17.1 Å². The summed E-state index contributed by atoms with van der Waals surface area (Å²) in [5.74, 6) is 1.66. The predicted molar refractivity (Wildman–Crippen MR) is 138 cm³/mol. The third kappa shape index (κ3) is 4.07. The van der Waals surface area contributed by atoms with Crippen LogP contribution >= 0.6 is 11.8 Å². The molecule has 190 valence electrons. The van der Waals surface area contributed by atoms with Crippen LogP contribution < -0.4 is 17.0 Å². The zero-order valence-corrected chi connectivity index (χ0v) is 22.7. The lowest BCUT2D eigenvalue weighted by Crippen LogP contribution is -3.00. The standard InChI is InChI=1S/C30H28FN2O2S.BrH/c31-21-6-5-7-23(16-21)36-28-19-33(14-12-20(28)13-15-33)18-22-17-32-29(35-22)30(34)26-10-3-1-8-24(26)25-9-2-4-11-27(25)30;/h1-11,16-17,20,28,34H,12-15,18-19H2;1H/q+1;/p-1/t20?,28-,33?;/m0./s1. The minimum atomic E-state index is -1.39. The van der Waals surface area contributed by atoms with E-state index in [1.807, 2.05) is 66.4 Å². The van der Waals surface area contributed by atoms with Crippen LogP contribution in [-0.2, 0) is 12.1 Å². The molecule has 1 N–H and O–H groups in total. The quantitative estimate of drug-likeness (QED) is 0.370. The average Bonchev–Trinajstić information content (AvgIpc) is 3.47. The molecule has 1 aliphatic carbocycles. The van der Waals surface area contributed by atoms with E-state index in [4.69, 9.17) is 4.42 Å². The summed E-state index contributed by atoms with van der Waals surface area (Å²) in [7, 11) is 0. The summed E-state index contributed by atoms with van der Waals surface area (Å²) in [4.78, 5) is 5.64. The van der Waals surface area contributed by atoms with Gasteiger partial charge in [-0.05, 0) is 35.2 Å². The number of nitrogens with zero attached hydrogens (tertiary/aromatic N) is 2. The van der Waals surface area contributed by atoms with Gasteiger partial charge in [0.25, 0.3) is 0 Å². The molecule has 2 bridgehead atoms. The third-order valence-corrected chi connectivity index (χ3v) is 9.77. The molecule has 3 aromatic carbocycles. The highest BCUT2D eigenvalue weighted by Gasteiger charge is 2.49. The summed E-state index contributed by atoms with van der Waals surface area (Å²) < 4.78 is 21.1. The van der Waals surface area contributed by atoms with Crippen molar-refractivity contribution < 1.29 is 35.4 Å². The van der Waals surface area contributed by atoms with Gasteiger partial charge in [0.05, 0.1) is 31.1 Å². The molecule has 0 unspecified atom stereocenters. The Kier molecular flexibility index (Phi) is 6.30. The number of benzene rings is 3. The van der Waals surface area contributed by atoms with Crippen molar-refractivity contribution in [1.82, 2.24) is 4.98 Å². The Labute approximate surface area is 230 Å². The number of oxazole rings is 1. The Balaban J connectivity index is 0.00000252. The number of halogens is 2. The molecule has 4 nitrogen and oxygen atoms in total. The van der Waals surface area contributed by atoms with Gasteiger partial charge in [0.2, 0.25) is 5.89 Å². The van der Waals surface area contributed by atoms with E-state index in [9.17, 15) is 9.50 Å². The lowest BCUT2D eigenvalue weighted by Gasteiger charge is -2.52. The molecular formula is C30H28BrFN2O2S. The summed E-state index contributed by atoms with van der Waals surface area (Å²) in [5.41, 5.74) is 2.28. The lowest BCUT2D eigenvalue weighted by atomic mass is 9.85. The summed E-state index contributed by atoms with van der Waals surface area (Å²) in [5, 5.41) is 12.5. The molecule has 4 aromatic rings. The Hall–Kier alpha value is -2.45. The Morgan fingerprint density at radius 1 is 0.973 bits per heavy atom. The zero-order chi connectivity index (χ0) is 24.3. The van der Waals surface area contributed by atoms with Gasteiger partial charge in [-0.25, -0.2) is 9.37 Å². The highest BCUT2D eigenvalue weighted by atomic mass is 79.9. The molecule has 0 radical (unpaired) electrons. The molecular weight excluding hydrogens is 551 g/mol. The number of aliphatic hydroxyl groups is 1. The van der Waals surface area contributed by atoms with Crippen molar-refractivity contribution in [1.29, 1.82) is 0 Å². The van der Waals surface area contributed by atoms with Crippen molar-refractivity contribution >= 4 is 11.8 Å². The number of piperidine rings is 3. The molecule has 8 rings (SSSR count). The van der Waals surface area contributed by atoms with E-state index >= 15 is 0 Å². The number of rotatable bonds is 5. The first-order valence-electron chi connectivity index (χ1n) is 12.7. The van der Waals surface area contributed by atoms with Crippen molar-refractivity contribution in [3.8, 4) is 11.1 Å². The molecule has 3 aliphatic heterocycles. The molecule has 0 amide bonds. The summed E-state index contributed by atoms with van der Waals surface area (Å²) in [6.07, 6.45) is 4.16. The second-order valence-electron chi connectivity index (χ2n) is 10.5. The number of hydrogen-bond donors (Lipinski definition) is 1. The van der Waals surface area contributed by atoms with Gasteiger partial charge in [-0.1, -0.05) is 54.6 Å². The first kappa shape index (κ1) is 24.9. The largest absolute Gasteiger partial charge is 1.00 e. The van der Waals surface area contributed by atoms with E-state index in [1.54, 1.807) is 18.3 Å². The molecule has 0 saturated carbocycles. The fraction of sp³-hybridized carbons (Fsp3) is 0.300. The van der Waals surface area contributed by atoms with E-state index in [0.717, 1.165) is 63.6 Å². The molecule has 4 aliphatic rings. The fourth-order valence-electron chi connectivity index (χ4n) is 6.61. The zero-order valence-electron chi connectivity index (χ0n) is 20.3. The van der Waals surface area contributed by atoms with Crippen LogP contribution in [0, 0.1) is 11.7 Å². The number of thioether (sulfide) groups is 1. The topological polar surface area (TPSA) is 46.3 Å². The van der Waals surface area contributed by atoms with Crippen LogP contribution in [0.15, 0.2) is 88.3 Å². The minimum Gasteiger partial charge on any atom is -1.00 e. The van der Waals surface area contributed by atoms with Crippen LogP contribution in [0.2, 0.25) is 0 Å². The fourth-order valence-corrected chi connectivity index (χ4v) is 8.16. The number of hydrogen-bond acceptors (Lipinski definition) is 4. The summed E-state index contributed by atoms with van der Waals surface area (Å²) >= 11 is 1.82. The second-order valence-corrected chi connectivity index (χ2v) is 11.8. The van der Waals surface area contributed by atoms with Gasteiger partial charge in [-0.15, -0.1) is 11.8 Å². The highest BCUT2D eigenvalue weighted by Crippen LogP contribution is 2.50. The van der Waals surface area contributed by atoms with E-state index in [2.05, 4.69) is 4.98 Å². The molecule has 1 atom stereocenters. The van der Waals surface area contributed by atoms with E-state index < -0.39 is 5.60 Å². The monoisotopic (exact) mass is 578 g/mol. The first-order valence-corrected chi connectivity index (χ1v) is 13.6. The summed E-state index contributed by atoms with van der Waals surface area (Å²) in [6.45, 7) is 4.05. The SMILES string of the molecule is OC1(c2ncc(C[N+]34CCC(CC3)[C@@H](Sc3cccc(F)c3)C4)o2)c2ccccc2-c2ccccc21.[Br-]. The van der Waals surface area contributed by atoms with Crippen molar-refractivity contribution in [3.05, 3.63) is 108 Å². The van der Waals surface area contributed by atoms with Crippen LogP contribution in [0.4, 0.5) is 4.39 Å². The van der Waals surface area contributed by atoms with E-state index in [1.165, 1.54) is 18.9 Å². The average molecular weight is 580 g/mol. The van der Waals surface area contributed by atoms with Crippen LogP contribution in [0.3, 0.4) is 0 Å². The Morgan fingerprint density at radius 3 is 2.32 bits per heavy atom. The second kappa shape index (κ2) is 9.38. The van der Waals surface area contributed by atoms with Gasteiger partial charge in [0.15, 0.2) is 11.4 Å². The molecule has 0 spiro atoms. The third-order valence-electron chi connectivity index (χ3n) is 8.40. The normalized spacial score (nSPS) is 24.8. The predicted octanol–water partition coefficient (Wildman–Crippen LogP) is 2.98. The number of fused-ring (bicyclic) bond motifs is 6. The molecule has 3 fully saturated rings. The molecule has 3 saturated heterocycles. The molecule has 37 heavy (non-hydrogen) atoms. The maximum absolute atomic E-state index is 13.8. The number of aromatic nitrogens is 1. The molecule has 7 heteroatoms. The minimum absolute atomic E-state index is 0. The Morgan fingerprint density at radius 2 is 1.65 bits per heavy atom. The van der Waals surface area contributed by atoms with Gasteiger partial charge in [-0.2, -0.15) is 0 Å². The molecule has 4 heterocycles. The van der Waals surface area contributed by atoms with Crippen LogP contribution in [0.25, 0.3) is 11.1 Å². The van der Waals surface area contributed by atoms with Gasteiger partial charge >= 0.3 is 0 Å². The van der Waals surface area contributed by atoms with Gasteiger partial charge in [0, 0.05) is 28.9 Å². The Bertz CT molecular complexity index is 1400. The van der Waals surface area contributed by atoms with Crippen molar-refractivity contribution in [2.75, 3.05) is 19.6 Å². The molecule has 1 aromatic heterocycles. The van der Waals surface area contributed by atoms with E-state index in [-0.39, 0.29) is 22.8 Å². The van der Waals surface area contributed by atoms with Crippen LogP contribution in [0.1, 0.15) is 35.6 Å². The van der Waals surface area contributed by atoms with Gasteiger partial charge in [-0.3, -0.25) is 0 Å². The van der Waals surface area contributed by atoms with Crippen molar-refractivity contribution in [2.24, 2.45) is 5.92 Å². The maximum Gasteiger partial charge on any atom is 0.236 e. The van der Waals surface area contributed by atoms with Crippen LogP contribution in [0.5, 0.6) is 0 Å². The number of quaternary nitrogens is 1. The summed E-state index contributed by atoms with van der Waals surface area (Å²) in [6, 6.07) is 22.9. The van der Waals surface area contributed by atoms with Crippen molar-refractivity contribution in [2.45, 2.75) is 35.1 Å². The van der Waals surface area contributed by atoms with Crippen molar-refractivity contribution in [3.63, 3.8) is 0 Å². The lowest BCUT2D eigenvalue weighted by molar-refractivity contribution is -0.954. The van der Waals surface area contributed by atoms with Crippen LogP contribution in [-0.4, -0.2) is 39.5 Å². The maximum atomic E-state index is 13.8. The first-order chi connectivity index (χ1) is 17.5. The van der Waals surface area contributed by atoms with Gasteiger partial charge < -0.3 is 31.0 Å².